The van der Waals surface area contributed by atoms with Crippen molar-refractivity contribution in [2.75, 3.05) is 18.5 Å². The number of hydrogen-bond acceptors (Lipinski definition) is 3. The van der Waals surface area contributed by atoms with Crippen molar-refractivity contribution in [2.24, 2.45) is 0 Å². The molecule has 0 saturated heterocycles. The fourth-order valence-corrected chi connectivity index (χ4v) is 2.42. The van der Waals surface area contributed by atoms with E-state index in [4.69, 9.17) is 5.11 Å². The van der Waals surface area contributed by atoms with Crippen LogP contribution in [-0.4, -0.2) is 46.3 Å². The minimum absolute atomic E-state index is 0.0839. The van der Waals surface area contributed by atoms with Crippen molar-refractivity contribution >= 4 is 17.7 Å². The maximum absolute atomic E-state index is 12.3. The van der Waals surface area contributed by atoms with Crippen LogP contribution in [0.15, 0.2) is 12.1 Å². The molecule has 1 aliphatic rings. The summed E-state index contributed by atoms with van der Waals surface area (Å²) in [4.78, 5) is 25.2. The Labute approximate surface area is 123 Å². The van der Waals surface area contributed by atoms with E-state index in [0.29, 0.717) is 11.3 Å². The summed E-state index contributed by atoms with van der Waals surface area (Å²) in [6.45, 7) is 3.72. The van der Waals surface area contributed by atoms with Crippen molar-refractivity contribution in [2.45, 2.75) is 32.7 Å². The average Bonchev–Trinajstić information content (AvgIpc) is 3.22. The maximum Gasteiger partial charge on any atom is 0.337 e. The lowest BCUT2D eigenvalue weighted by atomic mass is 10.0. The highest BCUT2D eigenvalue weighted by atomic mass is 16.4. The zero-order valence-electron chi connectivity index (χ0n) is 12.2. The third-order valence-corrected chi connectivity index (χ3v) is 3.53. The number of aliphatic hydroxyl groups is 1. The number of hydrogen-bond donors (Lipinski definition) is 3. The molecule has 2 amide bonds. The van der Waals surface area contributed by atoms with E-state index in [2.05, 4.69) is 5.32 Å². The van der Waals surface area contributed by atoms with E-state index in [-0.39, 0.29) is 30.8 Å². The van der Waals surface area contributed by atoms with Crippen LogP contribution in [-0.2, 0) is 0 Å². The van der Waals surface area contributed by atoms with Gasteiger partial charge in [-0.1, -0.05) is 6.07 Å². The molecule has 1 aromatic carbocycles. The van der Waals surface area contributed by atoms with Gasteiger partial charge in [0.05, 0.1) is 17.9 Å². The smallest absolute Gasteiger partial charge is 0.337 e. The molecular weight excluding hydrogens is 272 g/mol. The van der Waals surface area contributed by atoms with Crippen LogP contribution in [0.3, 0.4) is 0 Å². The summed E-state index contributed by atoms with van der Waals surface area (Å²) < 4.78 is 0. The molecule has 0 spiro atoms. The third-order valence-electron chi connectivity index (χ3n) is 3.53. The lowest BCUT2D eigenvalue weighted by molar-refractivity contribution is 0.0698. The minimum Gasteiger partial charge on any atom is -0.478 e. The lowest BCUT2D eigenvalue weighted by Crippen LogP contribution is -2.39. The summed E-state index contributed by atoms with van der Waals surface area (Å²) in [6, 6.07) is 3.16. The zero-order valence-corrected chi connectivity index (χ0v) is 12.2. The fraction of sp³-hybridized carbons (Fsp3) is 0.467. The van der Waals surface area contributed by atoms with Crippen LogP contribution in [0.2, 0.25) is 0 Å². The second-order valence-corrected chi connectivity index (χ2v) is 5.39. The number of carbonyl (C=O) groups excluding carboxylic acids is 1. The first-order valence-electron chi connectivity index (χ1n) is 6.97. The Kier molecular flexibility index (Phi) is 4.47. The average molecular weight is 292 g/mol. The Bertz CT molecular complexity index is 567. The van der Waals surface area contributed by atoms with Gasteiger partial charge in [0.25, 0.3) is 0 Å². The van der Waals surface area contributed by atoms with Gasteiger partial charge in [-0.15, -0.1) is 0 Å². The van der Waals surface area contributed by atoms with Gasteiger partial charge in [-0.05, 0) is 43.9 Å². The first-order valence-corrected chi connectivity index (χ1v) is 6.97. The standard InChI is InChI=1S/C15H20N2O4/c1-9-7-10(2)13(12(8-9)14(19)20)16-15(21)17(5-6-18)11-3-4-11/h7-8,11,18H,3-6H2,1-2H3,(H,16,21)(H,19,20). The number of aliphatic hydroxyl groups excluding tert-OH is 1. The Morgan fingerprint density at radius 1 is 1.33 bits per heavy atom. The number of anilines is 1. The van der Waals surface area contributed by atoms with Gasteiger partial charge >= 0.3 is 12.0 Å². The van der Waals surface area contributed by atoms with Crippen molar-refractivity contribution in [1.82, 2.24) is 4.90 Å². The van der Waals surface area contributed by atoms with Crippen LogP contribution in [0, 0.1) is 13.8 Å². The number of nitrogens with one attached hydrogen (secondary N) is 1. The predicted octanol–water partition coefficient (Wildman–Crippen LogP) is 1.99. The number of carboxylic acids is 1. The Morgan fingerprint density at radius 2 is 2.00 bits per heavy atom. The largest absolute Gasteiger partial charge is 0.478 e. The molecule has 1 aliphatic carbocycles. The van der Waals surface area contributed by atoms with E-state index in [1.165, 1.54) is 0 Å². The summed E-state index contributed by atoms with van der Waals surface area (Å²) in [5.74, 6) is -1.07. The molecule has 2 rings (SSSR count). The molecule has 21 heavy (non-hydrogen) atoms. The highest BCUT2D eigenvalue weighted by molar-refractivity contribution is 6.01. The van der Waals surface area contributed by atoms with E-state index >= 15 is 0 Å². The van der Waals surface area contributed by atoms with Crippen molar-refractivity contribution in [3.05, 3.63) is 28.8 Å². The van der Waals surface area contributed by atoms with Gasteiger partial charge in [0.15, 0.2) is 0 Å². The number of aryl methyl sites for hydroxylation is 2. The maximum atomic E-state index is 12.3. The molecule has 1 fully saturated rings. The van der Waals surface area contributed by atoms with Crippen molar-refractivity contribution in [3.63, 3.8) is 0 Å². The Hall–Kier alpha value is -2.08. The highest BCUT2D eigenvalue weighted by Gasteiger charge is 2.32. The number of amides is 2. The van der Waals surface area contributed by atoms with Gasteiger partial charge in [-0.3, -0.25) is 0 Å². The van der Waals surface area contributed by atoms with Crippen LogP contribution in [0.25, 0.3) is 0 Å². The van der Waals surface area contributed by atoms with Crippen LogP contribution >= 0.6 is 0 Å². The first-order chi connectivity index (χ1) is 9.93. The summed E-state index contributed by atoms with van der Waals surface area (Å²) >= 11 is 0. The Morgan fingerprint density at radius 3 is 2.52 bits per heavy atom. The number of aromatic carboxylic acids is 1. The van der Waals surface area contributed by atoms with Crippen LogP contribution in [0.4, 0.5) is 10.5 Å². The quantitative estimate of drug-likeness (QED) is 0.774. The number of urea groups is 1. The van der Waals surface area contributed by atoms with Gasteiger partial charge in [0, 0.05) is 12.6 Å². The van der Waals surface area contributed by atoms with E-state index in [1.807, 2.05) is 13.0 Å². The molecule has 3 N–H and O–H groups in total. The molecule has 6 heteroatoms. The van der Waals surface area contributed by atoms with Gasteiger partial charge < -0.3 is 20.4 Å². The highest BCUT2D eigenvalue weighted by Crippen LogP contribution is 2.28. The van der Waals surface area contributed by atoms with E-state index in [1.54, 1.807) is 17.9 Å². The number of nitrogens with zero attached hydrogens (tertiary/aromatic N) is 1. The molecular formula is C15H20N2O4. The molecule has 0 heterocycles. The van der Waals surface area contributed by atoms with Gasteiger partial charge in [-0.2, -0.15) is 0 Å². The van der Waals surface area contributed by atoms with Crippen LogP contribution in [0.5, 0.6) is 0 Å². The van der Waals surface area contributed by atoms with Gasteiger partial charge in [0.2, 0.25) is 0 Å². The van der Waals surface area contributed by atoms with Crippen molar-refractivity contribution < 1.29 is 19.8 Å². The summed E-state index contributed by atoms with van der Waals surface area (Å²) in [6.07, 6.45) is 1.85. The molecule has 0 atom stereocenters. The van der Waals surface area contributed by atoms with E-state index in [9.17, 15) is 14.7 Å². The van der Waals surface area contributed by atoms with E-state index < -0.39 is 5.97 Å². The van der Waals surface area contributed by atoms with Crippen molar-refractivity contribution in [1.29, 1.82) is 0 Å². The summed E-state index contributed by atoms with van der Waals surface area (Å²) in [5, 5.41) is 21.0. The SMILES string of the molecule is Cc1cc(C)c(NC(=O)N(CCO)C2CC2)c(C(=O)O)c1. The van der Waals surface area contributed by atoms with Crippen LogP contribution in [0.1, 0.15) is 34.3 Å². The molecule has 1 aromatic rings. The number of carbonyl (C=O) groups is 2. The minimum atomic E-state index is -1.07. The molecule has 0 radical (unpaired) electrons. The van der Waals surface area contributed by atoms with Crippen LogP contribution < -0.4 is 5.32 Å². The zero-order chi connectivity index (χ0) is 15.6. The predicted molar refractivity (Wildman–Crippen MR) is 78.7 cm³/mol. The third kappa shape index (κ3) is 3.52. The second-order valence-electron chi connectivity index (χ2n) is 5.39. The first kappa shape index (κ1) is 15.3. The molecule has 0 unspecified atom stereocenters. The van der Waals surface area contributed by atoms with Gasteiger partial charge in [-0.25, -0.2) is 9.59 Å². The molecule has 1 saturated carbocycles. The normalized spacial score (nSPS) is 13.9. The topological polar surface area (TPSA) is 89.9 Å². The fourth-order valence-electron chi connectivity index (χ4n) is 2.42. The van der Waals surface area contributed by atoms with Gasteiger partial charge in [0.1, 0.15) is 0 Å². The summed E-state index contributed by atoms with van der Waals surface area (Å²) in [5.41, 5.74) is 1.94. The number of carboxylic acid groups (broad SMARTS) is 1. The lowest BCUT2D eigenvalue weighted by Gasteiger charge is -2.23. The second kappa shape index (κ2) is 6.13. The number of rotatable bonds is 5. The Balaban J connectivity index is 2.25. The molecule has 6 nitrogen and oxygen atoms in total. The monoisotopic (exact) mass is 292 g/mol. The molecule has 0 aromatic heterocycles. The number of benzene rings is 1. The molecule has 114 valence electrons. The molecule has 0 bridgehead atoms. The molecule has 0 aliphatic heterocycles. The van der Waals surface area contributed by atoms with Crippen molar-refractivity contribution in [3.8, 4) is 0 Å². The van der Waals surface area contributed by atoms with E-state index in [0.717, 1.165) is 18.4 Å². The summed E-state index contributed by atoms with van der Waals surface area (Å²) in [7, 11) is 0.